The van der Waals surface area contributed by atoms with Crippen molar-refractivity contribution in [2.75, 3.05) is 7.11 Å². The van der Waals surface area contributed by atoms with E-state index < -0.39 is 0 Å². The Kier molecular flexibility index (Phi) is 7.59. The van der Waals surface area contributed by atoms with Crippen LogP contribution in [0.25, 0.3) is 11.1 Å². The summed E-state index contributed by atoms with van der Waals surface area (Å²) < 4.78 is 14.5. The highest BCUT2D eigenvalue weighted by Crippen LogP contribution is 2.16. The van der Waals surface area contributed by atoms with Gasteiger partial charge >= 0.3 is 0 Å². The molecule has 0 amide bonds. The van der Waals surface area contributed by atoms with E-state index in [1.165, 1.54) is 22.8 Å². The van der Waals surface area contributed by atoms with Crippen molar-refractivity contribution in [2.45, 2.75) is 6.32 Å². The van der Waals surface area contributed by atoms with E-state index in [0.29, 0.717) is 0 Å². The first-order valence-electron chi connectivity index (χ1n) is 9.48. The van der Waals surface area contributed by atoms with Crippen molar-refractivity contribution >= 4 is 12.7 Å². The van der Waals surface area contributed by atoms with Gasteiger partial charge in [-0.1, -0.05) is 78.4 Å². The second-order valence-corrected chi connectivity index (χ2v) is 6.44. The molecule has 0 saturated heterocycles. The molecule has 3 aromatic carbocycles. The lowest BCUT2D eigenvalue weighted by molar-refractivity contribution is -0.885. The van der Waals surface area contributed by atoms with E-state index >= 15 is 0 Å². The molecule has 144 valence electrons. The van der Waals surface area contributed by atoms with Crippen molar-refractivity contribution in [1.82, 2.24) is 0 Å². The minimum Gasteiger partial charge on any atom is -0.291 e. The molecule has 0 unspecified atom stereocenters. The fraction of sp³-hybridized carbons (Fsp3) is 0.0800. The van der Waals surface area contributed by atoms with Crippen molar-refractivity contribution in [3.8, 4) is 11.1 Å². The summed E-state index contributed by atoms with van der Waals surface area (Å²) >= 11 is 0. The Hall–Kier alpha value is -3.40. The fourth-order valence-corrected chi connectivity index (χ4v) is 2.84. The molecule has 0 fully saturated rings. The van der Waals surface area contributed by atoms with Gasteiger partial charge in [0.2, 0.25) is 12.4 Å². The van der Waals surface area contributed by atoms with Crippen LogP contribution in [0.1, 0.15) is 5.56 Å². The molecular weight excluding hydrogens is 360 g/mol. The standard InChI is InChI=1S/C13H11BF.C12H12NO/c15-13-8-4-7-12(9-13)14-10-11-5-2-1-3-6-11;1-14-13-9-7-12(8-10-13)11-5-3-2-4-6-11/h1-9H,10H2;2-10H,1H3/q-1;+1. The maximum Gasteiger partial charge on any atom is 0.223 e. The molecule has 2 nitrogen and oxygen atoms in total. The molecule has 4 aromatic rings. The van der Waals surface area contributed by atoms with Gasteiger partial charge in [-0.05, 0) is 17.2 Å². The largest absolute Gasteiger partial charge is 0.291 e. The molecule has 0 aliphatic heterocycles. The molecule has 0 bridgehead atoms. The first-order valence-corrected chi connectivity index (χ1v) is 9.48. The Morgan fingerprint density at radius 1 is 0.759 bits per heavy atom. The van der Waals surface area contributed by atoms with Crippen LogP contribution in [0.15, 0.2) is 109 Å². The van der Waals surface area contributed by atoms with Crippen LogP contribution in [0, 0.1) is 5.82 Å². The fourth-order valence-electron chi connectivity index (χ4n) is 2.84. The molecular formula is C25H23BFNO. The SMILES string of the molecule is CO[n+]1ccc(-c2ccccc2)cc1.Fc1cccc([B-]Cc2ccccc2)c1. The molecule has 4 heteroatoms. The molecule has 0 atom stereocenters. The molecule has 2 radical (unpaired) electrons. The highest BCUT2D eigenvalue weighted by Gasteiger charge is 2.00. The average Bonchev–Trinajstić information content (AvgIpc) is 2.80. The summed E-state index contributed by atoms with van der Waals surface area (Å²) in [5.41, 5.74) is 4.58. The maximum absolute atomic E-state index is 12.9. The topological polar surface area (TPSA) is 13.1 Å². The highest BCUT2D eigenvalue weighted by atomic mass is 19.1. The van der Waals surface area contributed by atoms with Crippen LogP contribution in [0.5, 0.6) is 0 Å². The normalized spacial score (nSPS) is 10.0. The monoisotopic (exact) mass is 383 g/mol. The lowest BCUT2D eigenvalue weighted by atomic mass is 9.65. The number of rotatable bonds is 5. The highest BCUT2D eigenvalue weighted by molar-refractivity contribution is 6.52. The molecule has 0 aliphatic carbocycles. The van der Waals surface area contributed by atoms with Gasteiger partial charge in [0.25, 0.3) is 0 Å². The summed E-state index contributed by atoms with van der Waals surface area (Å²) in [5, 5.41) is 0. The zero-order chi connectivity index (χ0) is 20.3. The number of benzene rings is 3. The Morgan fingerprint density at radius 2 is 1.38 bits per heavy atom. The number of hydrogen-bond acceptors (Lipinski definition) is 1. The second-order valence-electron chi connectivity index (χ2n) is 6.44. The lowest BCUT2D eigenvalue weighted by Crippen LogP contribution is -2.39. The van der Waals surface area contributed by atoms with Gasteiger partial charge in [-0.3, -0.25) is 17.6 Å². The summed E-state index contributed by atoms with van der Waals surface area (Å²) in [5.74, 6) is -0.184. The van der Waals surface area contributed by atoms with E-state index in [0.717, 1.165) is 11.8 Å². The molecule has 0 N–H and O–H groups in total. The average molecular weight is 383 g/mol. The Bertz CT molecular complexity index is 992. The molecule has 0 aliphatic rings. The number of aromatic nitrogens is 1. The first-order chi connectivity index (χ1) is 14.2. The van der Waals surface area contributed by atoms with Gasteiger partial charge < -0.3 is 0 Å². The zero-order valence-electron chi connectivity index (χ0n) is 16.4. The number of halogens is 1. The predicted octanol–water partition coefficient (Wildman–Crippen LogP) is 4.05. The van der Waals surface area contributed by atoms with Gasteiger partial charge in [-0.2, -0.15) is 0 Å². The van der Waals surface area contributed by atoms with E-state index in [-0.39, 0.29) is 5.82 Å². The number of pyridine rings is 1. The van der Waals surface area contributed by atoms with Gasteiger partial charge in [-0.15, -0.1) is 6.07 Å². The third-order valence-corrected chi connectivity index (χ3v) is 4.38. The predicted molar refractivity (Wildman–Crippen MR) is 117 cm³/mol. The van der Waals surface area contributed by atoms with Crippen LogP contribution >= 0.6 is 0 Å². The molecule has 1 aromatic heterocycles. The summed E-state index contributed by atoms with van der Waals surface area (Å²) in [6.45, 7) is 0. The van der Waals surface area contributed by atoms with Crippen LogP contribution in [-0.2, 0) is 6.32 Å². The van der Waals surface area contributed by atoms with Crippen LogP contribution in [0.2, 0.25) is 0 Å². The van der Waals surface area contributed by atoms with E-state index in [1.54, 1.807) is 24.0 Å². The number of hydrogen-bond donors (Lipinski definition) is 0. The van der Waals surface area contributed by atoms with E-state index in [1.807, 2.05) is 74.3 Å². The number of nitrogens with zero attached hydrogens (tertiary/aromatic N) is 1. The van der Waals surface area contributed by atoms with E-state index in [4.69, 9.17) is 4.84 Å². The maximum atomic E-state index is 12.9. The van der Waals surface area contributed by atoms with Crippen LogP contribution in [-0.4, -0.2) is 14.4 Å². The third-order valence-electron chi connectivity index (χ3n) is 4.38. The Balaban J connectivity index is 0.000000166. The van der Waals surface area contributed by atoms with Crippen molar-refractivity contribution < 1.29 is 14.0 Å². The summed E-state index contributed by atoms with van der Waals surface area (Å²) in [6.07, 6.45) is 4.62. The minimum absolute atomic E-state index is 0.184. The first kappa shape index (κ1) is 20.3. The quantitative estimate of drug-likeness (QED) is 0.374. The lowest BCUT2D eigenvalue weighted by Gasteiger charge is -2.15. The van der Waals surface area contributed by atoms with Crippen molar-refractivity contribution in [1.29, 1.82) is 0 Å². The molecule has 1 heterocycles. The summed E-state index contributed by atoms with van der Waals surface area (Å²) in [7, 11) is 3.67. The van der Waals surface area contributed by atoms with Crippen molar-refractivity contribution in [2.24, 2.45) is 0 Å². The van der Waals surface area contributed by atoms with Crippen molar-refractivity contribution in [3.63, 3.8) is 0 Å². The summed E-state index contributed by atoms with van der Waals surface area (Å²) in [6, 6.07) is 31.1. The minimum atomic E-state index is -0.184. The van der Waals surface area contributed by atoms with Crippen LogP contribution < -0.4 is 15.0 Å². The van der Waals surface area contributed by atoms with Crippen LogP contribution in [0.4, 0.5) is 4.39 Å². The van der Waals surface area contributed by atoms with Gasteiger partial charge in [0.15, 0.2) is 0 Å². The zero-order valence-corrected chi connectivity index (χ0v) is 16.4. The van der Waals surface area contributed by atoms with Crippen molar-refractivity contribution in [3.05, 3.63) is 121 Å². The van der Waals surface area contributed by atoms with Gasteiger partial charge in [0.1, 0.15) is 12.9 Å². The molecule has 29 heavy (non-hydrogen) atoms. The second kappa shape index (κ2) is 10.8. The van der Waals surface area contributed by atoms with E-state index in [9.17, 15) is 4.39 Å². The van der Waals surface area contributed by atoms with Gasteiger partial charge in [0.05, 0.1) is 0 Å². The molecule has 4 rings (SSSR count). The van der Waals surface area contributed by atoms with E-state index in [2.05, 4.69) is 24.3 Å². The Morgan fingerprint density at radius 3 is 2.00 bits per heavy atom. The smallest absolute Gasteiger partial charge is 0.223 e. The van der Waals surface area contributed by atoms with Gasteiger partial charge in [0, 0.05) is 16.9 Å². The molecule has 0 saturated carbocycles. The third kappa shape index (κ3) is 6.61. The Labute approximate surface area is 172 Å². The van der Waals surface area contributed by atoms with Gasteiger partial charge in [-0.25, -0.2) is 10.7 Å². The van der Waals surface area contributed by atoms with Crippen LogP contribution in [0.3, 0.4) is 0 Å². The molecule has 0 spiro atoms. The summed E-state index contributed by atoms with van der Waals surface area (Å²) in [4.78, 5) is 5.02.